The molecular weight excluding hydrogens is 352 g/mol. The molecule has 4 aliphatic carbocycles. The zero-order valence-corrected chi connectivity index (χ0v) is 17.9. The average molecular weight is 393 g/mol. The molecule has 4 rings (SSSR count). The van der Waals surface area contributed by atoms with E-state index in [0.717, 1.165) is 32.1 Å². The molecule has 3 N–H and O–H groups in total. The standard InChI is InChI=1S/C24H40O4/c1-14(4-7-21(27)28)19-13-20(26)22-17-6-5-15-12-16(25)8-10-23(15,2)18(17)9-11-24(19,22)3/h14-20,22,25-26H,4-13H2,1-3H3,(H,27,28)/t14-,15-,16-,17-,18+,19-,20+,22-,23+,24-/m1/s1. The largest absolute Gasteiger partial charge is 0.481 e. The van der Waals surface area contributed by atoms with Crippen molar-refractivity contribution in [2.75, 3.05) is 0 Å². The minimum atomic E-state index is -0.707. The van der Waals surface area contributed by atoms with Gasteiger partial charge >= 0.3 is 5.97 Å². The zero-order valence-electron chi connectivity index (χ0n) is 17.9. The highest BCUT2D eigenvalue weighted by molar-refractivity contribution is 5.66. The number of aliphatic hydroxyl groups is 2. The molecule has 4 saturated carbocycles. The van der Waals surface area contributed by atoms with E-state index in [1.807, 2.05) is 0 Å². The Hall–Kier alpha value is -0.610. The van der Waals surface area contributed by atoms with E-state index in [4.69, 9.17) is 5.11 Å². The third kappa shape index (κ3) is 3.14. The minimum Gasteiger partial charge on any atom is -0.481 e. The SMILES string of the molecule is C[C@H](CCC(=O)O)[C@H]1C[C@H](O)[C@H]2[C@@H]3CC[C@@H]4C[C@H](O)CC[C@]4(C)[C@H]3CC[C@@]21C. The summed E-state index contributed by atoms with van der Waals surface area (Å²) in [6.07, 6.45) is 9.33. The van der Waals surface area contributed by atoms with E-state index in [-0.39, 0.29) is 24.0 Å². The van der Waals surface area contributed by atoms with Crippen LogP contribution in [0.4, 0.5) is 0 Å². The maximum absolute atomic E-state index is 11.2. The Bertz CT molecular complexity index is 605. The fourth-order valence-corrected chi connectivity index (χ4v) is 8.78. The number of aliphatic hydroxyl groups excluding tert-OH is 2. The average Bonchev–Trinajstić information content (AvgIpc) is 2.91. The van der Waals surface area contributed by atoms with Gasteiger partial charge in [0.1, 0.15) is 0 Å². The molecule has 4 fully saturated rings. The van der Waals surface area contributed by atoms with E-state index in [1.165, 1.54) is 25.7 Å². The van der Waals surface area contributed by atoms with E-state index in [1.54, 1.807) is 0 Å². The van der Waals surface area contributed by atoms with Crippen LogP contribution in [0, 0.1) is 46.3 Å². The number of carboxylic acid groups (broad SMARTS) is 1. The third-order valence-corrected chi connectivity index (χ3v) is 10.2. The molecular formula is C24H40O4. The summed E-state index contributed by atoms with van der Waals surface area (Å²) in [4.78, 5) is 11.1. The molecule has 0 radical (unpaired) electrons. The Labute approximate surface area is 170 Å². The second-order valence-corrected chi connectivity index (χ2v) is 11.4. The molecule has 0 aromatic rings. The van der Waals surface area contributed by atoms with E-state index in [2.05, 4.69) is 20.8 Å². The molecule has 28 heavy (non-hydrogen) atoms. The monoisotopic (exact) mass is 392 g/mol. The number of hydrogen-bond acceptors (Lipinski definition) is 3. The number of hydrogen-bond donors (Lipinski definition) is 3. The summed E-state index contributed by atoms with van der Waals surface area (Å²) in [7, 11) is 0. The van der Waals surface area contributed by atoms with Crippen molar-refractivity contribution in [3.8, 4) is 0 Å². The van der Waals surface area contributed by atoms with Gasteiger partial charge in [0.2, 0.25) is 0 Å². The van der Waals surface area contributed by atoms with Crippen LogP contribution in [0.5, 0.6) is 0 Å². The molecule has 10 atom stereocenters. The number of fused-ring (bicyclic) bond motifs is 5. The predicted molar refractivity (Wildman–Crippen MR) is 109 cm³/mol. The smallest absolute Gasteiger partial charge is 0.303 e. The lowest BCUT2D eigenvalue weighted by atomic mass is 9.44. The molecule has 0 saturated heterocycles. The molecule has 4 aliphatic rings. The van der Waals surface area contributed by atoms with E-state index < -0.39 is 5.97 Å². The van der Waals surface area contributed by atoms with Crippen LogP contribution in [-0.2, 0) is 4.79 Å². The van der Waals surface area contributed by atoms with Crippen molar-refractivity contribution in [1.29, 1.82) is 0 Å². The predicted octanol–water partition coefficient (Wildman–Crippen LogP) is 4.48. The van der Waals surface area contributed by atoms with Gasteiger partial charge in [-0.2, -0.15) is 0 Å². The van der Waals surface area contributed by atoms with Crippen LogP contribution < -0.4 is 0 Å². The lowest BCUT2D eigenvalue weighted by Crippen LogP contribution is -2.55. The van der Waals surface area contributed by atoms with Crippen molar-refractivity contribution in [3.63, 3.8) is 0 Å². The first kappa shape index (κ1) is 20.7. The summed E-state index contributed by atoms with van der Waals surface area (Å²) in [5, 5.41) is 30.5. The number of rotatable bonds is 4. The molecule has 0 unspecified atom stereocenters. The van der Waals surface area contributed by atoms with Crippen molar-refractivity contribution in [2.24, 2.45) is 46.3 Å². The summed E-state index contributed by atoms with van der Waals surface area (Å²) >= 11 is 0. The first-order valence-corrected chi connectivity index (χ1v) is 11.7. The van der Waals surface area contributed by atoms with Crippen molar-refractivity contribution in [2.45, 2.75) is 97.2 Å². The number of carboxylic acids is 1. The molecule has 0 bridgehead atoms. The second-order valence-electron chi connectivity index (χ2n) is 11.4. The number of carbonyl (C=O) groups is 1. The summed E-state index contributed by atoms with van der Waals surface area (Å²) in [5.41, 5.74) is 0.478. The van der Waals surface area contributed by atoms with Gasteiger partial charge in [-0.05, 0) is 104 Å². The highest BCUT2D eigenvalue weighted by Gasteiger charge is 2.63. The topological polar surface area (TPSA) is 77.8 Å². The molecule has 4 nitrogen and oxygen atoms in total. The van der Waals surface area contributed by atoms with E-state index in [0.29, 0.717) is 40.9 Å². The number of aliphatic carboxylic acids is 1. The minimum absolute atomic E-state index is 0.111. The van der Waals surface area contributed by atoms with Crippen LogP contribution in [0.3, 0.4) is 0 Å². The molecule has 4 heteroatoms. The maximum Gasteiger partial charge on any atom is 0.303 e. The Balaban J connectivity index is 1.56. The molecule has 0 amide bonds. The Morgan fingerprint density at radius 1 is 1.04 bits per heavy atom. The van der Waals surface area contributed by atoms with Crippen molar-refractivity contribution in [1.82, 2.24) is 0 Å². The molecule has 160 valence electrons. The molecule has 0 aliphatic heterocycles. The van der Waals surface area contributed by atoms with Gasteiger partial charge in [-0.15, -0.1) is 0 Å². The quantitative estimate of drug-likeness (QED) is 0.659. The van der Waals surface area contributed by atoms with Crippen molar-refractivity contribution in [3.05, 3.63) is 0 Å². The zero-order chi connectivity index (χ0) is 20.3. The van der Waals surface area contributed by atoms with Crippen molar-refractivity contribution >= 4 is 5.97 Å². The maximum atomic E-state index is 11.2. The normalized spacial score (nSPS) is 51.7. The first-order chi connectivity index (χ1) is 13.2. The Morgan fingerprint density at radius 2 is 1.75 bits per heavy atom. The molecule has 0 aromatic carbocycles. The van der Waals surface area contributed by atoms with Crippen LogP contribution in [0.15, 0.2) is 0 Å². The summed E-state index contributed by atoms with van der Waals surface area (Å²) < 4.78 is 0. The molecule has 0 aromatic heterocycles. The van der Waals surface area contributed by atoms with Crippen molar-refractivity contribution < 1.29 is 20.1 Å². The Morgan fingerprint density at radius 3 is 2.46 bits per heavy atom. The van der Waals surface area contributed by atoms with Crippen LogP contribution in [0.1, 0.15) is 85.0 Å². The Kier molecular flexibility index (Phi) is 5.36. The van der Waals surface area contributed by atoms with E-state index in [9.17, 15) is 15.0 Å². The van der Waals surface area contributed by atoms with Gasteiger partial charge in [-0.25, -0.2) is 0 Å². The molecule has 0 heterocycles. The fourth-order valence-electron chi connectivity index (χ4n) is 8.78. The van der Waals surface area contributed by atoms with Gasteiger partial charge in [0.05, 0.1) is 12.2 Å². The van der Waals surface area contributed by atoms with Gasteiger partial charge in [0.25, 0.3) is 0 Å². The first-order valence-electron chi connectivity index (χ1n) is 11.7. The summed E-state index contributed by atoms with van der Waals surface area (Å²) in [5.74, 6) is 2.38. The van der Waals surface area contributed by atoms with Gasteiger partial charge in [0, 0.05) is 6.42 Å². The van der Waals surface area contributed by atoms with Gasteiger partial charge in [0.15, 0.2) is 0 Å². The van der Waals surface area contributed by atoms with Crippen LogP contribution in [-0.4, -0.2) is 33.5 Å². The highest BCUT2D eigenvalue weighted by Crippen LogP contribution is 2.68. The summed E-state index contributed by atoms with van der Waals surface area (Å²) in [6, 6.07) is 0. The van der Waals surface area contributed by atoms with Crippen LogP contribution >= 0.6 is 0 Å². The van der Waals surface area contributed by atoms with Crippen LogP contribution in [0.25, 0.3) is 0 Å². The lowest BCUT2D eigenvalue weighted by Gasteiger charge is -2.61. The third-order valence-electron chi connectivity index (χ3n) is 10.2. The molecule has 0 spiro atoms. The fraction of sp³-hybridized carbons (Fsp3) is 0.958. The van der Waals surface area contributed by atoms with E-state index >= 15 is 0 Å². The van der Waals surface area contributed by atoms with Crippen LogP contribution in [0.2, 0.25) is 0 Å². The lowest BCUT2D eigenvalue weighted by molar-refractivity contribution is -0.143. The summed E-state index contributed by atoms with van der Waals surface area (Å²) in [6.45, 7) is 7.10. The van der Waals surface area contributed by atoms with Gasteiger partial charge in [-0.1, -0.05) is 20.8 Å². The second kappa shape index (κ2) is 7.27. The highest BCUT2D eigenvalue weighted by atomic mass is 16.4. The van der Waals surface area contributed by atoms with Gasteiger partial charge in [-0.3, -0.25) is 4.79 Å². The van der Waals surface area contributed by atoms with Gasteiger partial charge < -0.3 is 15.3 Å².